The maximum absolute atomic E-state index is 11.1. The van der Waals surface area contributed by atoms with E-state index < -0.39 is 5.97 Å². The van der Waals surface area contributed by atoms with Crippen molar-refractivity contribution in [3.8, 4) is 5.75 Å². The van der Waals surface area contributed by atoms with Crippen molar-refractivity contribution in [1.82, 2.24) is 9.97 Å². The second-order valence-corrected chi connectivity index (χ2v) is 7.97. The Kier molecular flexibility index (Phi) is 7.07. The summed E-state index contributed by atoms with van der Waals surface area (Å²) in [6.07, 6.45) is 8.11. The number of carbonyl (C=O) groups is 1. The third-order valence-electron chi connectivity index (χ3n) is 6.00. The molecule has 0 amide bonds. The van der Waals surface area contributed by atoms with Crippen molar-refractivity contribution in [2.24, 2.45) is 11.8 Å². The maximum Gasteiger partial charge on any atom is 0.335 e. The molecule has 0 unspecified atom stereocenters. The highest BCUT2D eigenvalue weighted by molar-refractivity contribution is 5.89. The van der Waals surface area contributed by atoms with Crippen molar-refractivity contribution < 1.29 is 14.6 Å². The molecule has 1 saturated heterocycles. The van der Waals surface area contributed by atoms with Crippen molar-refractivity contribution in [3.05, 3.63) is 47.3 Å². The minimum Gasteiger partial charge on any atom is -0.494 e. The first-order valence-electron chi connectivity index (χ1n) is 10.5. The first-order chi connectivity index (χ1) is 14.0. The minimum atomic E-state index is -0.902. The van der Waals surface area contributed by atoms with Crippen LogP contribution < -0.4 is 9.64 Å². The van der Waals surface area contributed by atoms with Crippen LogP contribution in [0.4, 0.5) is 5.95 Å². The van der Waals surface area contributed by atoms with Crippen LogP contribution in [-0.2, 0) is 6.42 Å². The Morgan fingerprint density at radius 1 is 1.28 bits per heavy atom. The van der Waals surface area contributed by atoms with Gasteiger partial charge in [-0.05, 0) is 73.8 Å². The molecular formula is C23H31N3O3. The lowest BCUT2D eigenvalue weighted by Crippen LogP contribution is -2.37. The summed E-state index contributed by atoms with van der Waals surface area (Å²) in [6.45, 7) is 8.85. The number of anilines is 1. The molecule has 1 aromatic heterocycles. The van der Waals surface area contributed by atoms with Crippen molar-refractivity contribution in [3.63, 3.8) is 0 Å². The van der Waals surface area contributed by atoms with Crippen LogP contribution >= 0.6 is 0 Å². The van der Waals surface area contributed by atoms with Crippen molar-refractivity contribution in [2.45, 2.75) is 46.5 Å². The number of nitrogens with zero attached hydrogens (tertiary/aromatic N) is 3. The van der Waals surface area contributed by atoms with E-state index >= 15 is 0 Å². The van der Waals surface area contributed by atoms with Gasteiger partial charge >= 0.3 is 5.97 Å². The molecule has 156 valence electrons. The molecule has 0 radical (unpaired) electrons. The molecule has 2 heterocycles. The van der Waals surface area contributed by atoms with Crippen molar-refractivity contribution in [2.75, 3.05) is 24.6 Å². The number of ether oxygens (including phenoxy) is 1. The molecule has 0 aliphatic carbocycles. The Labute approximate surface area is 172 Å². The number of benzene rings is 1. The predicted molar refractivity (Wildman–Crippen MR) is 114 cm³/mol. The topological polar surface area (TPSA) is 75.6 Å². The summed E-state index contributed by atoms with van der Waals surface area (Å²) in [5.41, 5.74) is 2.22. The monoisotopic (exact) mass is 397 g/mol. The zero-order valence-corrected chi connectivity index (χ0v) is 17.6. The van der Waals surface area contributed by atoms with E-state index in [9.17, 15) is 4.79 Å². The number of hydrogen-bond acceptors (Lipinski definition) is 5. The average molecular weight is 398 g/mol. The summed E-state index contributed by atoms with van der Waals surface area (Å²) >= 11 is 0. The van der Waals surface area contributed by atoms with Crippen molar-refractivity contribution in [1.29, 1.82) is 0 Å². The SMILES string of the molecule is CCc1cnc(N2CCC([C@H](C)CCOc3ccc(C(=O)O)c(C)c3)CC2)nc1. The van der Waals surface area contributed by atoms with E-state index in [1.807, 2.05) is 12.4 Å². The van der Waals surface area contributed by atoms with Gasteiger partial charge in [-0.15, -0.1) is 0 Å². The zero-order valence-electron chi connectivity index (χ0n) is 17.6. The van der Waals surface area contributed by atoms with E-state index in [4.69, 9.17) is 9.84 Å². The molecule has 0 spiro atoms. The Morgan fingerprint density at radius 3 is 2.55 bits per heavy atom. The average Bonchev–Trinajstić information content (AvgIpc) is 2.73. The highest BCUT2D eigenvalue weighted by Crippen LogP contribution is 2.29. The Bertz CT molecular complexity index is 815. The van der Waals surface area contributed by atoms with Gasteiger partial charge in [0.15, 0.2) is 0 Å². The van der Waals surface area contributed by atoms with Crippen LogP contribution in [0.1, 0.15) is 54.6 Å². The fourth-order valence-corrected chi connectivity index (χ4v) is 3.93. The first kappa shape index (κ1) is 21.1. The normalized spacial score (nSPS) is 15.9. The minimum absolute atomic E-state index is 0.325. The van der Waals surface area contributed by atoms with Crippen LogP contribution in [0.15, 0.2) is 30.6 Å². The number of aryl methyl sites for hydroxylation is 2. The first-order valence-corrected chi connectivity index (χ1v) is 10.5. The molecular weight excluding hydrogens is 366 g/mol. The van der Waals surface area contributed by atoms with Gasteiger partial charge in [-0.1, -0.05) is 13.8 Å². The summed E-state index contributed by atoms with van der Waals surface area (Å²) in [7, 11) is 0. The number of carboxylic acid groups (broad SMARTS) is 1. The van der Waals surface area contributed by atoms with Crippen molar-refractivity contribution >= 4 is 11.9 Å². The van der Waals surface area contributed by atoms with Gasteiger partial charge in [0, 0.05) is 25.5 Å². The van der Waals surface area contributed by atoms with Crippen LogP contribution in [0.2, 0.25) is 0 Å². The standard InChI is InChI=1S/C23H31N3O3/c1-4-18-14-24-23(25-15-18)26-10-7-19(8-11-26)16(2)9-12-29-20-5-6-21(22(27)28)17(3)13-20/h5-6,13-16,19H,4,7-12H2,1-3H3,(H,27,28)/t16-/m1/s1. The summed E-state index contributed by atoms with van der Waals surface area (Å²) in [4.78, 5) is 22.4. The van der Waals surface area contributed by atoms with Crippen LogP contribution in [0.25, 0.3) is 0 Å². The quantitative estimate of drug-likeness (QED) is 0.713. The molecule has 0 saturated carbocycles. The molecule has 1 atom stereocenters. The predicted octanol–water partition coefficient (Wildman–Crippen LogP) is 4.37. The Hall–Kier alpha value is -2.63. The molecule has 1 aromatic carbocycles. The van der Waals surface area contributed by atoms with Gasteiger partial charge in [0.1, 0.15) is 5.75 Å². The Balaban J connectivity index is 1.43. The lowest BCUT2D eigenvalue weighted by Gasteiger charge is -2.35. The number of rotatable bonds is 8. The molecule has 6 nitrogen and oxygen atoms in total. The second kappa shape index (κ2) is 9.72. The number of aromatic carboxylic acids is 1. The zero-order chi connectivity index (χ0) is 20.8. The third-order valence-corrected chi connectivity index (χ3v) is 6.00. The van der Waals surface area contributed by atoms with Gasteiger partial charge in [-0.2, -0.15) is 0 Å². The molecule has 29 heavy (non-hydrogen) atoms. The van der Waals surface area contributed by atoms with Crippen LogP contribution in [0.3, 0.4) is 0 Å². The lowest BCUT2D eigenvalue weighted by atomic mass is 9.84. The highest BCUT2D eigenvalue weighted by Gasteiger charge is 2.25. The van der Waals surface area contributed by atoms with Gasteiger partial charge in [0.2, 0.25) is 5.95 Å². The number of piperidine rings is 1. The second-order valence-electron chi connectivity index (χ2n) is 7.97. The van der Waals surface area contributed by atoms with Gasteiger partial charge < -0.3 is 14.7 Å². The number of aromatic nitrogens is 2. The van der Waals surface area contributed by atoms with Gasteiger partial charge in [0.25, 0.3) is 0 Å². The van der Waals surface area contributed by atoms with E-state index in [1.54, 1.807) is 25.1 Å². The van der Waals surface area contributed by atoms with E-state index in [0.29, 0.717) is 24.0 Å². The van der Waals surface area contributed by atoms with Gasteiger partial charge in [-0.25, -0.2) is 14.8 Å². The van der Waals surface area contributed by atoms with E-state index in [0.717, 1.165) is 56.0 Å². The van der Waals surface area contributed by atoms with E-state index in [-0.39, 0.29) is 0 Å². The molecule has 1 N–H and O–H groups in total. The van der Waals surface area contributed by atoms with E-state index in [1.165, 1.54) is 5.56 Å². The van der Waals surface area contributed by atoms with Crippen LogP contribution in [0, 0.1) is 18.8 Å². The lowest BCUT2D eigenvalue weighted by molar-refractivity contribution is 0.0696. The third kappa shape index (κ3) is 5.46. The molecule has 2 aromatic rings. The molecule has 1 fully saturated rings. The molecule has 1 aliphatic rings. The summed E-state index contributed by atoms with van der Waals surface area (Å²) < 4.78 is 5.87. The Morgan fingerprint density at radius 2 is 1.97 bits per heavy atom. The summed E-state index contributed by atoms with van der Waals surface area (Å²) in [6, 6.07) is 5.15. The molecule has 1 aliphatic heterocycles. The maximum atomic E-state index is 11.1. The summed E-state index contributed by atoms with van der Waals surface area (Å²) in [5.74, 6) is 1.94. The molecule has 6 heteroatoms. The number of hydrogen-bond donors (Lipinski definition) is 1. The van der Waals surface area contributed by atoms with Crippen LogP contribution in [0.5, 0.6) is 5.75 Å². The smallest absolute Gasteiger partial charge is 0.335 e. The largest absolute Gasteiger partial charge is 0.494 e. The molecule has 3 rings (SSSR count). The van der Waals surface area contributed by atoms with E-state index in [2.05, 4.69) is 28.7 Å². The van der Waals surface area contributed by atoms with Gasteiger partial charge in [0.05, 0.1) is 12.2 Å². The fourth-order valence-electron chi connectivity index (χ4n) is 3.93. The van der Waals surface area contributed by atoms with Crippen LogP contribution in [-0.4, -0.2) is 40.7 Å². The summed E-state index contributed by atoms with van der Waals surface area (Å²) in [5, 5.41) is 9.11. The molecule has 0 bridgehead atoms. The van der Waals surface area contributed by atoms with Gasteiger partial charge in [-0.3, -0.25) is 0 Å². The number of carboxylic acids is 1. The fraction of sp³-hybridized carbons (Fsp3) is 0.522. The highest BCUT2D eigenvalue weighted by atomic mass is 16.5.